The maximum atomic E-state index is 9.59. The summed E-state index contributed by atoms with van der Waals surface area (Å²) in [7, 11) is 1.58. The molecule has 0 amide bonds. The third-order valence-electron chi connectivity index (χ3n) is 4.37. The van der Waals surface area contributed by atoms with E-state index in [4.69, 9.17) is 10.5 Å². The molecule has 0 saturated heterocycles. The molecule has 144 valence electrons. The highest BCUT2D eigenvalue weighted by Crippen LogP contribution is 2.35. The number of hydrogen-bond acceptors (Lipinski definition) is 8. The van der Waals surface area contributed by atoms with Crippen LogP contribution in [-0.2, 0) is 0 Å². The lowest BCUT2D eigenvalue weighted by molar-refractivity contribution is 0.415. The Balaban J connectivity index is 1.96. The topological polar surface area (TPSA) is 138 Å². The average Bonchev–Trinajstić information content (AvgIpc) is 3.15. The van der Waals surface area contributed by atoms with Gasteiger partial charge in [0.1, 0.15) is 35.0 Å². The second-order valence-electron chi connectivity index (χ2n) is 6.14. The van der Waals surface area contributed by atoms with Gasteiger partial charge < -0.3 is 10.5 Å². The third-order valence-corrected chi connectivity index (χ3v) is 4.37. The second kappa shape index (κ2) is 7.70. The molecule has 0 aliphatic heterocycles. The molecule has 0 unspecified atom stereocenters. The quantitative estimate of drug-likeness (QED) is 0.516. The zero-order valence-electron chi connectivity index (χ0n) is 15.8. The van der Waals surface area contributed by atoms with Crippen molar-refractivity contribution in [2.75, 3.05) is 12.8 Å². The summed E-state index contributed by atoms with van der Waals surface area (Å²) >= 11 is 0. The van der Waals surface area contributed by atoms with Crippen molar-refractivity contribution in [3.8, 4) is 29.1 Å². The normalized spacial score (nSPS) is 10.8. The fraction of sp³-hybridized carbons (Fsp3) is 0.0476. The molecule has 0 saturated carbocycles. The number of fused-ring (bicyclic) bond motifs is 1. The molecular weight excluding hydrogens is 380 g/mol. The van der Waals surface area contributed by atoms with Crippen LogP contribution in [-0.4, -0.2) is 21.7 Å². The van der Waals surface area contributed by atoms with Crippen molar-refractivity contribution in [3.63, 3.8) is 0 Å². The van der Waals surface area contributed by atoms with Crippen molar-refractivity contribution < 1.29 is 4.74 Å². The highest BCUT2D eigenvalue weighted by molar-refractivity contribution is 5.84. The number of azo groups is 1. The molecule has 0 aliphatic carbocycles. The highest BCUT2D eigenvalue weighted by atomic mass is 16.5. The molecule has 0 radical (unpaired) electrons. The zero-order chi connectivity index (χ0) is 21.1. The summed E-state index contributed by atoms with van der Waals surface area (Å²) in [5.74, 6) is 0.633. The number of nitrogens with two attached hydrogens (primary N) is 1. The van der Waals surface area contributed by atoms with Gasteiger partial charge in [0.2, 0.25) is 0 Å². The second-order valence-corrected chi connectivity index (χ2v) is 6.14. The Hall–Kier alpha value is -4.76. The molecule has 2 N–H and O–H groups in total. The van der Waals surface area contributed by atoms with Gasteiger partial charge in [-0.1, -0.05) is 30.3 Å². The van der Waals surface area contributed by atoms with Crippen LogP contribution in [0.4, 0.5) is 17.2 Å². The summed E-state index contributed by atoms with van der Waals surface area (Å²) < 4.78 is 6.43. The summed E-state index contributed by atoms with van der Waals surface area (Å²) in [4.78, 5) is 4.27. The zero-order valence-corrected chi connectivity index (χ0v) is 15.8. The van der Waals surface area contributed by atoms with Crippen LogP contribution in [0.1, 0.15) is 11.3 Å². The Kier molecular flexibility index (Phi) is 4.77. The molecule has 2 heterocycles. The number of methoxy groups -OCH3 is 1. The Morgan fingerprint density at radius 1 is 1.00 bits per heavy atom. The Morgan fingerprint density at radius 3 is 2.37 bits per heavy atom. The molecule has 0 spiro atoms. The molecular formula is C21H14N8O. The van der Waals surface area contributed by atoms with Gasteiger partial charge >= 0.3 is 0 Å². The minimum atomic E-state index is -0.0676. The van der Waals surface area contributed by atoms with E-state index in [0.29, 0.717) is 22.8 Å². The monoisotopic (exact) mass is 394 g/mol. The van der Waals surface area contributed by atoms with Gasteiger partial charge in [0.05, 0.1) is 12.8 Å². The number of ether oxygens (including phenoxy) is 1. The van der Waals surface area contributed by atoms with Crippen LogP contribution in [0, 0.1) is 22.7 Å². The van der Waals surface area contributed by atoms with Crippen molar-refractivity contribution in [1.29, 1.82) is 10.5 Å². The first kappa shape index (κ1) is 18.6. The summed E-state index contributed by atoms with van der Waals surface area (Å²) in [6.45, 7) is 0. The van der Waals surface area contributed by atoms with E-state index in [0.717, 1.165) is 5.56 Å². The number of nitrogens with zero attached hydrogens (tertiary/aromatic N) is 7. The average molecular weight is 394 g/mol. The van der Waals surface area contributed by atoms with Crippen molar-refractivity contribution in [3.05, 3.63) is 65.9 Å². The summed E-state index contributed by atoms with van der Waals surface area (Å²) in [6, 6.07) is 20.2. The lowest BCUT2D eigenvalue weighted by atomic mass is 10.1. The Morgan fingerprint density at radius 2 is 1.73 bits per heavy atom. The predicted octanol–water partition coefficient (Wildman–Crippen LogP) is 4.15. The SMILES string of the molecule is COc1ccc(N=Nc2c(-c3ccccc3)nn3c(C#N)c(C#N)c(N)nc23)cc1. The van der Waals surface area contributed by atoms with Gasteiger partial charge in [0.25, 0.3) is 0 Å². The standard InChI is InChI=1S/C21H14N8O/c1-30-15-9-7-14(8-10-15)26-27-19-18(13-5-3-2-4-6-13)28-29-17(12-23)16(11-22)20(24)25-21(19)29/h2-10H,1H3,(H2,24,25). The molecule has 4 rings (SSSR count). The molecule has 30 heavy (non-hydrogen) atoms. The maximum absolute atomic E-state index is 9.59. The molecule has 2 aromatic carbocycles. The van der Waals surface area contributed by atoms with E-state index in [9.17, 15) is 10.5 Å². The van der Waals surface area contributed by atoms with E-state index >= 15 is 0 Å². The van der Waals surface area contributed by atoms with E-state index < -0.39 is 0 Å². The molecule has 0 atom stereocenters. The third kappa shape index (κ3) is 3.17. The number of hydrogen-bond donors (Lipinski definition) is 1. The van der Waals surface area contributed by atoms with Crippen LogP contribution in [0.3, 0.4) is 0 Å². The molecule has 2 aromatic heterocycles. The number of rotatable bonds is 4. The van der Waals surface area contributed by atoms with Gasteiger partial charge in [0.15, 0.2) is 17.0 Å². The van der Waals surface area contributed by atoms with Crippen LogP contribution >= 0.6 is 0 Å². The van der Waals surface area contributed by atoms with Crippen LogP contribution in [0.15, 0.2) is 64.8 Å². The largest absolute Gasteiger partial charge is 0.497 e. The van der Waals surface area contributed by atoms with Crippen LogP contribution in [0.2, 0.25) is 0 Å². The van der Waals surface area contributed by atoms with E-state index in [1.807, 2.05) is 42.5 Å². The number of nitriles is 2. The first-order chi connectivity index (χ1) is 14.7. The lowest BCUT2D eigenvalue weighted by Gasteiger charge is -2.02. The van der Waals surface area contributed by atoms with Crippen LogP contribution in [0.5, 0.6) is 5.75 Å². The summed E-state index contributed by atoms with van der Waals surface area (Å²) in [5, 5.41) is 32.1. The first-order valence-corrected chi connectivity index (χ1v) is 8.80. The molecule has 0 bridgehead atoms. The lowest BCUT2D eigenvalue weighted by Crippen LogP contribution is -2.05. The van der Waals surface area contributed by atoms with Crippen LogP contribution in [0.25, 0.3) is 16.9 Å². The van der Waals surface area contributed by atoms with E-state index in [-0.39, 0.29) is 22.7 Å². The minimum Gasteiger partial charge on any atom is -0.497 e. The van der Waals surface area contributed by atoms with Crippen molar-refractivity contribution in [1.82, 2.24) is 14.6 Å². The predicted molar refractivity (Wildman–Crippen MR) is 109 cm³/mol. The molecule has 0 fully saturated rings. The van der Waals surface area contributed by atoms with Gasteiger partial charge in [-0.25, -0.2) is 9.50 Å². The smallest absolute Gasteiger partial charge is 0.187 e. The van der Waals surface area contributed by atoms with Gasteiger partial charge in [-0.15, -0.1) is 5.11 Å². The number of nitrogen functional groups attached to an aromatic ring is 1. The Labute approximate surface area is 171 Å². The summed E-state index contributed by atoms with van der Waals surface area (Å²) in [5.41, 5.74) is 8.26. The molecule has 0 aliphatic rings. The van der Waals surface area contributed by atoms with Gasteiger partial charge in [-0.05, 0) is 24.3 Å². The van der Waals surface area contributed by atoms with Gasteiger partial charge in [0, 0.05) is 5.56 Å². The summed E-state index contributed by atoms with van der Waals surface area (Å²) in [6.07, 6.45) is 0. The highest BCUT2D eigenvalue weighted by Gasteiger charge is 2.22. The Bertz CT molecular complexity index is 1340. The molecule has 9 heteroatoms. The number of aromatic nitrogens is 3. The van der Waals surface area contributed by atoms with Gasteiger partial charge in [-0.3, -0.25) is 0 Å². The maximum Gasteiger partial charge on any atom is 0.187 e. The van der Waals surface area contributed by atoms with E-state index in [1.54, 1.807) is 31.4 Å². The molecule has 9 nitrogen and oxygen atoms in total. The van der Waals surface area contributed by atoms with Crippen molar-refractivity contribution in [2.45, 2.75) is 0 Å². The fourth-order valence-electron chi connectivity index (χ4n) is 2.91. The van der Waals surface area contributed by atoms with Gasteiger partial charge in [-0.2, -0.15) is 20.7 Å². The van der Waals surface area contributed by atoms with Crippen molar-refractivity contribution >= 4 is 22.8 Å². The van der Waals surface area contributed by atoms with E-state index in [1.165, 1.54) is 4.52 Å². The molecule has 4 aromatic rings. The van der Waals surface area contributed by atoms with E-state index in [2.05, 4.69) is 20.3 Å². The number of benzene rings is 2. The fourth-order valence-corrected chi connectivity index (χ4v) is 2.91. The van der Waals surface area contributed by atoms with Crippen molar-refractivity contribution in [2.24, 2.45) is 10.2 Å². The van der Waals surface area contributed by atoms with Crippen LogP contribution < -0.4 is 10.5 Å². The minimum absolute atomic E-state index is 0.0110. The number of anilines is 1. The first-order valence-electron chi connectivity index (χ1n) is 8.80.